The summed E-state index contributed by atoms with van der Waals surface area (Å²) in [5, 5.41) is 5.37. The van der Waals surface area contributed by atoms with Crippen molar-refractivity contribution < 1.29 is 9.53 Å². The number of hydrogen-bond acceptors (Lipinski definition) is 3. The summed E-state index contributed by atoms with van der Waals surface area (Å²) in [6, 6.07) is 0. The van der Waals surface area contributed by atoms with Crippen molar-refractivity contribution in [3.63, 3.8) is 0 Å². The van der Waals surface area contributed by atoms with Crippen molar-refractivity contribution in [1.82, 2.24) is 10.6 Å². The molecule has 82 valence electrons. The minimum Gasteiger partial charge on any atom is -0.444 e. The molecule has 2 N–H and O–H groups in total. The third kappa shape index (κ3) is 9.60. The fourth-order valence-corrected chi connectivity index (χ4v) is 0.862. The summed E-state index contributed by atoms with van der Waals surface area (Å²) in [4.78, 5) is 11.1. The number of nitrogens with one attached hydrogen (secondary N) is 2. The first-order valence-corrected chi connectivity index (χ1v) is 5.10. The highest BCUT2D eigenvalue weighted by atomic mass is 32.1. The predicted octanol–water partition coefficient (Wildman–Crippen LogP) is 1.32. The van der Waals surface area contributed by atoms with E-state index in [1.807, 2.05) is 20.8 Å². The summed E-state index contributed by atoms with van der Waals surface area (Å²) in [5.74, 6) is 0. The summed E-state index contributed by atoms with van der Waals surface area (Å²) < 4.78 is 5.43. The third-order valence-electron chi connectivity index (χ3n) is 1.07. The highest BCUT2D eigenvalue weighted by Crippen LogP contribution is 2.05. The van der Waals surface area contributed by atoms with Gasteiger partial charge >= 0.3 is 6.09 Å². The lowest BCUT2D eigenvalue weighted by atomic mass is 10.2. The lowest BCUT2D eigenvalue weighted by molar-refractivity contribution is 0.0529. The maximum absolute atomic E-state index is 11.1. The van der Waals surface area contributed by atoms with Crippen LogP contribution in [0.15, 0.2) is 0 Å². The zero-order chi connectivity index (χ0) is 11.2. The van der Waals surface area contributed by atoms with Crippen LogP contribution in [-0.2, 0) is 4.74 Å². The Morgan fingerprint density at radius 2 is 1.86 bits per heavy atom. The Bertz CT molecular complexity index is 214. The number of carbonyl (C=O) groups is 1. The second kappa shape index (κ2) is 6.08. The zero-order valence-corrected chi connectivity index (χ0v) is 10.3. The van der Waals surface area contributed by atoms with Gasteiger partial charge in [-0.2, -0.15) is 0 Å². The number of alkyl carbamates (subject to hydrolysis) is 1. The molecule has 0 unspecified atom stereocenters. The Balaban J connectivity index is 3.50. The average Bonchev–Trinajstić information content (AvgIpc) is 1.94. The van der Waals surface area contributed by atoms with Crippen molar-refractivity contribution in [2.75, 3.05) is 13.1 Å². The number of thiol groups is 1. The van der Waals surface area contributed by atoms with E-state index >= 15 is 0 Å². The number of carbonyl (C=O) groups excluding carboxylic acids is 1. The molecule has 0 radical (unpaired) electrons. The lowest BCUT2D eigenvalue weighted by Gasteiger charge is -2.19. The van der Waals surface area contributed by atoms with Crippen LogP contribution in [0.5, 0.6) is 0 Å². The first kappa shape index (κ1) is 13.5. The van der Waals surface area contributed by atoms with Gasteiger partial charge in [-0.25, -0.2) is 4.79 Å². The van der Waals surface area contributed by atoms with Crippen LogP contribution < -0.4 is 10.6 Å². The second-order valence-electron chi connectivity index (χ2n) is 3.66. The highest BCUT2D eigenvalue weighted by Gasteiger charge is 2.15. The van der Waals surface area contributed by atoms with E-state index in [9.17, 15) is 4.79 Å². The molecular formula is C8H16N2O2S2. The van der Waals surface area contributed by atoms with Gasteiger partial charge in [0.1, 0.15) is 9.92 Å². The van der Waals surface area contributed by atoms with Gasteiger partial charge in [-0.3, -0.25) is 0 Å². The Hall–Kier alpha value is -0.490. The summed E-state index contributed by atoms with van der Waals surface area (Å²) in [5.41, 5.74) is -0.462. The minimum absolute atomic E-state index is 0.413. The van der Waals surface area contributed by atoms with Crippen LogP contribution in [0.4, 0.5) is 4.79 Å². The molecule has 6 heteroatoms. The van der Waals surface area contributed by atoms with Crippen molar-refractivity contribution in [2.45, 2.75) is 26.4 Å². The molecular weight excluding hydrogens is 220 g/mol. The Morgan fingerprint density at radius 1 is 1.36 bits per heavy atom. The molecule has 0 aliphatic carbocycles. The fourth-order valence-electron chi connectivity index (χ4n) is 0.648. The smallest absolute Gasteiger partial charge is 0.407 e. The van der Waals surface area contributed by atoms with Gasteiger partial charge in [0.05, 0.1) is 0 Å². The molecule has 0 aliphatic heterocycles. The summed E-state index contributed by atoms with van der Waals surface area (Å²) in [7, 11) is 0. The van der Waals surface area contributed by atoms with Crippen molar-refractivity contribution in [3.05, 3.63) is 0 Å². The van der Waals surface area contributed by atoms with Crippen LogP contribution in [0.1, 0.15) is 20.8 Å². The predicted molar refractivity (Wildman–Crippen MR) is 63.8 cm³/mol. The third-order valence-corrected chi connectivity index (χ3v) is 1.37. The van der Waals surface area contributed by atoms with Gasteiger partial charge in [0, 0.05) is 13.1 Å². The van der Waals surface area contributed by atoms with Gasteiger partial charge in [-0.1, -0.05) is 12.2 Å². The molecule has 0 saturated heterocycles. The standard InChI is InChI=1S/C8H16N2O2S2/c1-8(2,3)12-6(11)9-4-5-10-7(13)14/h4-5H2,1-3H3,(H,9,11)(H2,10,13,14). The van der Waals surface area contributed by atoms with E-state index in [2.05, 4.69) is 35.5 Å². The molecule has 0 aromatic rings. The largest absolute Gasteiger partial charge is 0.444 e. The van der Waals surface area contributed by atoms with Crippen molar-refractivity contribution in [2.24, 2.45) is 0 Å². The SMILES string of the molecule is CC(C)(C)OC(=O)NCCNC(=S)S. The molecule has 0 spiro atoms. The molecule has 0 heterocycles. The Labute approximate surface area is 95.2 Å². The Morgan fingerprint density at radius 3 is 2.29 bits per heavy atom. The molecule has 0 saturated carbocycles. The normalized spacial score (nSPS) is 10.6. The van der Waals surface area contributed by atoms with Crippen molar-refractivity contribution in [3.8, 4) is 0 Å². The van der Waals surface area contributed by atoms with Crippen LogP contribution in [0, 0.1) is 0 Å². The van der Waals surface area contributed by atoms with Gasteiger partial charge in [-0.15, -0.1) is 12.6 Å². The average molecular weight is 236 g/mol. The molecule has 0 aliphatic rings. The number of amides is 1. The second-order valence-corrected chi connectivity index (χ2v) is 4.82. The quantitative estimate of drug-likeness (QED) is 0.393. The summed E-state index contributed by atoms with van der Waals surface area (Å²) >= 11 is 8.54. The molecule has 14 heavy (non-hydrogen) atoms. The van der Waals surface area contributed by atoms with E-state index in [0.29, 0.717) is 17.4 Å². The van der Waals surface area contributed by atoms with E-state index in [1.54, 1.807) is 0 Å². The molecule has 4 nitrogen and oxygen atoms in total. The van der Waals surface area contributed by atoms with E-state index in [4.69, 9.17) is 4.74 Å². The Kier molecular flexibility index (Phi) is 5.87. The van der Waals surface area contributed by atoms with Gasteiger partial charge in [0.25, 0.3) is 0 Å². The topological polar surface area (TPSA) is 50.4 Å². The first-order chi connectivity index (χ1) is 6.31. The lowest BCUT2D eigenvalue weighted by Crippen LogP contribution is -2.36. The molecule has 0 bridgehead atoms. The van der Waals surface area contributed by atoms with Gasteiger partial charge < -0.3 is 15.4 Å². The summed E-state index contributed by atoms with van der Waals surface area (Å²) in [6.07, 6.45) is -0.426. The van der Waals surface area contributed by atoms with Crippen LogP contribution in [0.2, 0.25) is 0 Å². The van der Waals surface area contributed by atoms with Crippen molar-refractivity contribution in [1.29, 1.82) is 0 Å². The van der Waals surface area contributed by atoms with E-state index < -0.39 is 11.7 Å². The van der Waals surface area contributed by atoms with E-state index in [1.165, 1.54) is 0 Å². The van der Waals surface area contributed by atoms with E-state index in [0.717, 1.165) is 0 Å². The number of hydrogen-bond donors (Lipinski definition) is 3. The van der Waals surface area contributed by atoms with Crippen LogP contribution in [0.3, 0.4) is 0 Å². The van der Waals surface area contributed by atoms with Crippen molar-refractivity contribution >= 4 is 35.3 Å². The van der Waals surface area contributed by atoms with Gasteiger partial charge in [0.2, 0.25) is 0 Å². The van der Waals surface area contributed by atoms with Gasteiger partial charge in [0.15, 0.2) is 0 Å². The highest BCUT2D eigenvalue weighted by molar-refractivity contribution is 8.11. The molecule has 0 fully saturated rings. The number of rotatable bonds is 3. The molecule has 0 atom stereocenters. The fraction of sp³-hybridized carbons (Fsp3) is 0.750. The maximum atomic E-state index is 11.1. The minimum atomic E-state index is -0.462. The number of thiocarbonyl (C=S) groups is 1. The monoisotopic (exact) mass is 236 g/mol. The van der Waals surface area contributed by atoms with E-state index in [-0.39, 0.29) is 0 Å². The van der Waals surface area contributed by atoms with Gasteiger partial charge in [-0.05, 0) is 20.8 Å². The molecule has 1 amide bonds. The van der Waals surface area contributed by atoms with Crippen LogP contribution in [0.25, 0.3) is 0 Å². The van der Waals surface area contributed by atoms with Crippen LogP contribution >= 0.6 is 24.8 Å². The first-order valence-electron chi connectivity index (χ1n) is 4.25. The molecule has 0 rings (SSSR count). The van der Waals surface area contributed by atoms with Crippen LogP contribution in [-0.4, -0.2) is 29.1 Å². The summed E-state index contributed by atoms with van der Waals surface area (Å²) in [6.45, 7) is 6.44. The zero-order valence-electron chi connectivity index (χ0n) is 8.59. The molecule has 0 aromatic carbocycles. The molecule has 0 aromatic heterocycles. The maximum Gasteiger partial charge on any atom is 0.407 e. The number of ether oxygens (including phenoxy) is 1.